The highest BCUT2D eigenvalue weighted by Crippen LogP contribution is 2.34. The zero-order valence-electron chi connectivity index (χ0n) is 14.5. The van der Waals surface area contributed by atoms with Gasteiger partial charge in [0, 0.05) is 26.1 Å². The standard InChI is InChI=1S/C19H26ClN3O/c1-3-4-9-17-21-16(18(20)22-17)12-23-11-10-19(24,13-23)15-8-6-5-7-14(15)2/h5-8,24H,3-4,9-13H2,1-2H3,(H,21,22)/t19-/m0/s1. The number of aliphatic hydroxyl groups is 1. The summed E-state index contributed by atoms with van der Waals surface area (Å²) in [5.74, 6) is 0.963. The van der Waals surface area contributed by atoms with E-state index in [9.17, 15) is 5.11 Å². The van der Waals surface area contributed by atoms with Crippen molar-refractivity contribution in [1.82, 2.24) is 14.9 Å². The number of nitrogens with one attached hydrogen (secondary N) is 1. The minimum Gasteiger partial charge on any atom is -0.384 e. The van der Waals surface area contributed by atoms with Crippen molar-refractivity contribution in [3.8, 4) is 0 Å². The predicted molar refractivity (Wildman–Crippen MR) is 97.2 cm³/mol. The summed E-state index contributed by atoms with van der Waals surface area (Å²) in [6.07, 6.45) is 3.93. The van der Waals surface area contributed by atoms with Crippen molar-refractivity contribution in [2.45, 2.75) is 51.7 Å². The van der Waals surface area contributed by atoms with Crippen molar-refractivity contribution >= 4 is 11.6 Å². The van der Waals surface area contributed by atoms with Gasteiger partial charge < -0.3 is 10.1 Å². The molecular weight excluding hydrogens is 322 g/mol. The fraction of sp³-hybridized carbons (Fsp3) is 0.526. The third-order valence-electron chi connectivity index (χ3n) is 4.90. The molecule has 0 saturated carbocycles. The van der Waals surface area contributed by atoms with Crippen LogP contribution in [-0.4, -0.2) is 33.1 Å². The van der Waals surface area contributed by atoms with E-state index >= 15 is 0 Å². The maximum atomic E-state index is 11.1. The topological polar surface area (TPSA) is 52.1 Å². The van der Waals surface area contributed by atoms with E-state index in [0.29, 0.717) is 18.2 Å². The molecule has 1 aromatic carbocycles. The summed E-state index contributed by atoms with van der Waals surface area (Å²) < 4.78 is 0. The van der Waals surface area contributed by atoms with Gasteiger partial charge in [-0.25, -0.2) is 4.98 Å². The van der Waals surface area contributed by atoms with Gasteiger partial charge in [0.2, 0.25) is 0 Å². The largest absolute Gasteiger partial charge is 0.384 e. The van der Waals surface area contributed by atoms with Gasteiger partial charge in [0.25, 0.3) is 0 Å². The lowest BCUT2D eigenvalue weighted by atomic mass is 9.89. The Labute approximate surface area is 148 Å². The molecule has 0 spiro atoms. The molecule has 1 aromatic heterocycles. The zero-order valence-corrected chi connectivity index (χ0v) is 15.2. The van der Waals surface area contributed by atoms with Crippen LogP contribution < -0.4 is 0 Å². The molecule has 2 N–H and O–H groups in total. The van der Waals surface area contributed by atoms with Gasteiger partial charge in [-0.1, -0.05) is 49.2 Å². The van der Waals surface area contributed by atoms with Crippen LogP contribution in [0.1, 0.15) is 48.8 Å². The first-order chi connectivity index (χ1) is 11.5. The molecular formula is C19H26ClN3O. The maximum Gasteiger partial charge on any atom is 0.151 e. The van der Waals surface area contributed by atoms with Gasteiger partial charge in [-0.2, -0.15) is 0 Å². The van der Waals surface area contributed by atoms with Gasteiger partial charge in [0.05, 0.1) is 5.69 Å². The lowest BCUT2D eigenvalue weighted by Crippen LogP contribution is -2.31. The van der Waals surface area contributed by atoms with E-state index < -0.39 is 5.60 Å². The number of hydrogen-bond donors (Lipinski definition) is 2. The van der Waals surface area contributed by atoms with Crippen LogP contribution in [0.15, 0.2) is 24.3 Å². The number of rotatable bonds is 6. The molecule has 130 valence electrons. The van der Waals surface area contributed by atoms with Crippen molar-refractivity contribution in [3.05, 3.63) is 52.1 Å². The highest BCUT2D eigenvalue weighted by atomic mass is 35.5. The minimum absolute atomic E-state index is 0.562. The molecule has 0 radical (unpaired) electrons. The smallest absolute Gasteiger partial charge is 0.151 e. The molecule has 3 rings (SSSR count). The van der Waals surface area contributed by atoms with Crippen LogP contribution in [0.3, 0.4) is 0 Å². The van der Waals surface area contributed by atoms with Gasteiger partial charge in [0.1, 0.15) is 11.4 Å². The summed E-state index contributed by atoms with van der Waals surface area (Å²) in [7, 11) is 0. The number of hydrogen-bond acceptors (Lipinski definition) is 3. The van der Waals surface area contributed by atoms with Crippen molar-refractivity contribution in [2.75, 3.05) is 13.1 Å². The van der Waals surface area contributed by atoms with Crippen LogP contribution in [0.4, 0.5) is 0 Å². The van der Waals surface area contributed by atoms with Crippen molar-refractivity contribution in [1.29, 1.82) is 0 Å². The number of aryl methyl sites for hydroxylation is 2. The molecule has 0 aliphatic carbocycles. The quantitative estimate of drug-likeness (QED) is 0.835. The van der Waals surface area contributed by atoms with E-state index in [2.05, 4.69) is 34.8 Å². The number of unbranched alkanes of at least 4 members (excludes halogenated alkanes) is 1. The van der Waals surface area contributed by atoms with Crippen LogP contribution >= 0.6 is 11.6 Å². The van der Waals surface area contributed by atoms with Crippen LogP contribution in [0, 0.1) is 6.92 Å². The summed E-state index contributed by atoms with van der Waals surface area (Å²) in [4.78, 5) is 10.0. The Hall–Kier alpha value is -1.36. The van der Waals surface area contributed by atoms with Gasteiger partial charge >= 0.3 is 0 Å². The summed E-state index contributed by atoms with van der Waals surface area (Å²) >= 11 is 6.28. The monoisotopic (exact) mass is 347 g/mol. The molecule has 1 atom stereocenters. The van der Waals surface area contributed by atoms with Crippen LogP contribution in [-0.2, 0) is 18.6 Å². The fourth-order valence-electron chi connectivity index (χ4n) is 3.55. The Kier molecular flexibility index (Phi) is 5.28. The summed E-state index contributed by atoms with van der Waals surface area (Å²) in [6, 6.07) is 8.10. The second-order valence-corrected chi connectivity index (χ2v) is 7.22. The number of β-amino-alcohol motifs (C(OH)–C–C–N with tert-alkyl or cyclic N) is 1. The highest BCUT2D eigenvalue weighted by Gasteiger charge is 2.38. The highest BCUT2D eigenvalue weighted by molar-refractivity contribution is 6.30. The Morgan fingerprint density at radius 2 is 2.17 bits per heavy atom. The average Bonchev–Trinajstić information content (AvgIpc) is 3.10. The molecule has 0 amide bonds. The number of benzene rings is 1. The summed E-state index contributed by atoms with van der Waals surface area (Å²) in [5, 5.41) is 11.6. The molecule has 1 saturated heterocycles. The van der Waals surface area contributed by atoms with Crippen molar-refractivity contribution in [2.24, 2.45) is 0 Å². The van der Waals surface area contributed by atoms with E-state index in [1.54, 1.807) is 0 Å². The van der Waals surface area contributed by atoms with Gasteiger partial charge in [0.15, 0.2) is 5.15 Å². The number of halogens is 1. The third-order valence-corrected chi connectivity index (χ3v) is 5.21. The Balaban J connectivity index is 1.68. The van der Waals surface area contributed by atoms with Crippen LogP contribution in [0.2, 0.25) is 5.15 Å². The number of aromatic amines is 1. The Bertz CT molecular complexity index is 700. The van der Waals surface area contributed by atoms with Gasteiger partial charge in [-0.15, -0.1) is 0 Å². The summed E-state index contributed by atoms with van der Waals surface area (Å²) in [5.41, 5.74) is 2.36. The summed E-state index contributed by atoms with van der Waals surface area (Å²) in [6.45, 7) is 6.40. The fourth-order valence-corrected chi connectivity index (χ4v) is 3.76. The zero-order chi connectivity index (χ0) is 17.2. The molecule has 5 heteroatoms. The first kappa shape index (κ1) is 17.5. The number of likely N-dealkylation sites (tertiary alicyclic amines) is 1. The van der Waals surface area contributed by atoms with E-state index in [-0.39, 0.29) is 0 Å². The number of nitrogens with zero attached hydrogens (tertiary/aromatic N) is 2. The average molecular weight is 348 g/mol. The maximum absolute atomic E-state index is 11.1. The third kappa shape index (κ3) is 3.66. The molecule has 1 aliphatic rings. The molecule has 24 heavy (non-hydrogen) atoms. The van der Waals surface area contributed by atoms with Gasteiger partial charge in [-0.3, -0.25) is 4.90 Å². The molecule has 2 aromatic rings. The van der Waals surface area contributed by atoms with Crippen molar-refractivity contribution < 1.29 is 5.11 Å². The molecule has 0 unspecified atom stereocenters. The normalized spacial score (nSPS) is 21.5. The van der Waals surface area contributed by atoms with E-state index in [1.165, 1.54) is 0 Å². The first-order valence-corrected chi connectivity index (χ1v) is 9.14. The lowest BCUT2D eigenvalue weighted by Gasteiger charge is -2.25. The first-order valence-electron chi connectivity index (χ1n) is 8.76. The van der Waals surface area contributed by atoms with E-state index in [1.807, 2.05) is 18.2 Å². The Morgan fingerprint density at radius 1 is 1.38 bits per heavy atom. The second kappa shape index (κ2) is 7.26. The van der Waals surface area contributed by atoms with E-state index in [0.717, 1.165) is 54.9 Å². The number of aromatic nitrogens is 2. The molecule has 1 aliphatic heterocycles. The van der Waals surface area contributed by atoms with Crippen LogP contribution in [0.5, 0.6) is 0 Å². The number of imidazole rings is 1. The van der Waals surface area contributed by atoms with Crippen molar-refractivity contribution in [3.63, 3.8) is 0 Å². The second-order valence-electron chi connectivity index (χ2n) is 6.86. The predicted octanol–water partition coefficient (Wildman–Crippen LogP) is 3.81. The SMILES string of the molecule is CCCCc1nc(Cl)c(CN2CC[C@@](O)(c3ccccc3C)C2)[nH]1. The molecule has 4 nitrogen and oxygen atoms in total. The van der Waals surface area contributed by atoms with Crippen LogP contribution in [0.25, 0.3) is 0 Å². The molecule has 1 fully saturated rings. The lowest BCUT2D eigenvalue weighted by molar-refractivity contribution is 0.0446. The minimum atomic E-state index is -0.775. The Morgan fingerprint density at radius 3 is 2.92 bits per heavy atom. The number of H-pyrrole nitrogens is 1. The van der Waals surface area contributed by atoms with E-state index in [4.69, 9.17) is 11.6 Å². The molecule has 2 heterocycles. The van der Waals surface area contributed by atoms with Gasteiger partial charge in [-0.05, 0) is 30.9 Å². The molecule has 0 bridgehead atoms.